The van der Waals surface area contributed by atoms with Gasteiger partial charge in [0.25, 0.3) is 5.91 Å². The van der Waals surface area contributed by atoms with Crippen LogP contribution >= 0.6 is 0 Å². The minimum Gasteiger partial charge on any atom is -0.358 e. The molecule has 2 N–H and O–H groups in total. The SMILES string of the molecule is Cc1[nH]c2c(C(=O)NCC3CC3)cccc2c1C. The topological polar surface area (TPSA) is 44.9 Å². The fourth-order valence-corrected chi connectivity index (χ4v) is 2.33. The van der Waals surface area contributed by atoms with E-state index in [9.17, 15) is 4.79 Å². The summed E-state index contributed by atoms with van der Waals surface area (Å²) in [6, 6.07) is 5.90. The van der Waals surface area contributed by atoms with Gasteiger partial charge in [-0.3, -0.25) is 4.79 Å². The summed E-state index contributed by atoms with van der Waals surface area (Å²) < 4.78 is 0. The minimum atomic E-state index is 0.0359. The number of aryl methyl sites for hydroxylation is 2. The molecule has 1 aromatic heterocycles. The highest BCUT2D eigenvalue weighted by Crippen LogP contribution is 2.28. The molecule has 0 aliphatic heterocycles. The zero-order valence-corrected chi connectivity index (χ0v) is 10.8. The Balaban J connectivity index is 1.94. The summed E-state index contributed by atoms with van der Waals surface area (Å²) in [5, 5.41) is 4.17. The van der Waals surface area contributed by atoms with Gasteiger partial charge in [0.15, 0.2) is 0 Å². The van der Waals surface area contributed by atoms with Crippen molar-refractivity contribution in [2.75, 3.05) is 6.54 Å². The number of carbonyl (C=O) groups is 1. The Hall–Kier alpha value is -1.77. The quantitative estimate of drug-likeness (QED) is 0.854. The fraction of sp³-hybridized carbons (Fsp3) is 0.400. The Bertz CT molecular complexity index is 608. The third-order valence-corrected chi connectivity index (χ3v) is 3.84. The molecule has 1 aromatic carbocycles. The molecule has 0 unspecified atom stereocenters. The summed E-state index contributed by atoms with van der Waals surface area (Å²) in [5.74, 6) is 0.744. The van der Waals surface area contributed by atoms with Gasteiger partial charge in [0, 0.05) is 17.6 Å². The average molecular weight is 242 g/mol. The second-order valence-electron chi connectivity index (χ2n) is 5.26. The molecule has 1 fully saturated rings. The lowest BCUT2D eigenvalue weighted by Crippen LogP contribution is -2.25. The van der Waals surface area contributed by atoms with Crippen LogP contribution in [0.15, 0.2) is 18.2 Å². The summed E-state index contributed by atoms with van der Waals surface area (Å²) in [6.45, 7) is 4.94. The number of rotatable bonds is 3. The molecule has 18 heavy (non-hydrogen) atoms. The smallest absolute Gasteiger partial charge is 0.253 e. The molecule has 3 rings (SSSR count). The van der Waals surface area contributed by atoms with Crippen molar-refractivity contribution in [1.29, 1.82) is 0 Å². The van der Waals surface area contributed by atoms with Crippen molar-refractivity contribution in [3.8, 4) is 0 Å². The van der Waals surface area contributed by atoms with Crippen LogP contribution in [0.3, 0.4) is 0 Å². The number of benzene rings is 1. The van der Waals surface area contributed by atoms with Gasteiger partial charge in [-0.05, 0) is 44.2 Å². The average Bonchev–Trinajstić information content (AvgIpc) is 3.14. The summed E-state index contributed by atoms with van der Waals surface area (Å²) in [4.78, 5) is 15.5. The highest BCUT2D eigenvalue weighted by atomic mass is 16.1. The van der Waals surface area contributed by atoms with Gasteiger partial charge in [-0.2, -0.15) is 0 Å². The molecular weight excluding hydrogens is 224 g/mol. The van der Waals surface area contributed by atoms with Crippen molar-refractivity contribution in [3.63, 3.8) is 0 Å². The number of hydrogen-bond acceptors (Lipinski definition) is 1. The molecule has 3 heteroatoms. The van der Waals surface area contributed by atoms with Gasteiger partial charge >= 0.3 is 0 Å². The van der Waals surface area contributed by atoms with Gasteiger partial charge in [0.2, 0.25) is 0 Å². The number of aromatic amines is 1. The number of aromatic nitrogens is 1. The lowest BCUT2D eigenvalue weighted by atomic mass is 10.1. The summed E-state index contributed by atoms with van der Waals surface area (Å²) in [7, 11) is 0. The number of H-pyrrole nitrogens is 1. The number of fused-ring (bicyclic) bond motifs is 1. The van der Waals surface area contributed by atoms with Crippen molar-refractivity contribution in [3.05, 3.63) is 35.0 Å². The van der Waals surface area contributed by atoms with E-state index in [-0.39, 0.29) is 5.91 Å². The molecule has 0 spiro atoms. The Morgan fingerprint density at radius 2 is 2.17 bits per heavy atom. The summed E-state index contributed by atoms with van der Waals surface area (Å²) in [5.41, 5.74) is 4.07. The van der Waals surface area contributed by atoms with Crippen LogP contribution in [0.4, 0.5) is 0 Å². The Morgan fingerprint density at radius 3 is 2.89 bits per heavy atom. The molecule has 0 saturated heterocycles. The van der Waals surface area contributed by atoms with Crippen molar-refractivity contribution in [2.24, 2.45) is 5.92 Å². The van der Waals surface area contributed by atoms with Gasteiger partial charge in [-0.1, -0.05) is 12.1 Å². The summed E-state index contributed by atoms with van der Waals surface area (Å²) >= 11 is 0. The standard InChI is InChI=1S/C15H18N2O/c1-9-10(2)17-14-12(9)4-3-5-13(14)15(18)16-8-11-6-7-11/h3-5,11,17H,6-8H2,1-2H3,(H,16,18). The monoisotopic (exact) mass is 242 g/mol. The Morgan fingerprint density at radius 1 is 1.39 bits per heavy atom. The third kappa shape index (κ3) is 1.90. The van der Waals surface area contributed by atoms with Gasteiger partial charge < -0.3 is 10.3 Å². The zero-order valence-electron chi connectivity index (χ0n) is 10.8. The molecule has 1 aliphatic rings. The zero-order chi connectivity index (χ0) is 12.7. The van der Waals surface area contributed by atoms with Crippen LogP contribution in [-0.4, -0.2) is 17.4 Å². The maximum atomic E-state index is 12.2. The number of amides is 1. The van der Waals surface area contributed by atoms with E-state index in [1.807, 2.05) is 19.1 Å². The van der Waals surface area contributed by atoms with Gasteiger partial charge in [-0.15, -0.1) is 0 Å². The van der Waals surface area contributed by atoms with Crippen LogP contribution in [0.25, 0.3) is 10.9 Å². The largest absolute Gasteiger partial charge is 0.358 e. The fourth-order valence-electron chi connectivity index (χ4n) is 2.33. The van der Waals surface area contributed by atoms with Crippen LogP contribution in [-0.2, 0) is 0 Å². The summed E-state index contributed by atoms with van der Waals surface area (Å²) in [6.07, 6.45) is 2.51. The van der Waals surface area contributed by atoms with Gasteiger partial charge in [0.05, 0.1) is 11.1 Å². The third-order valence-electron chi connectivity index (χ3n) is 3.84. The lowest BCUT2D eigenvalue weighted by Gasteiger charge is -2.05. The van der Waals surface area contributed by atoms with Crippen LogP contribution in [0.1, 0.15) is 34.5 Å². The second-order valence-corrected chi connectivity index (χ2v) is 5.26. The molecule has 1 saturated carbocycles. The molecule has 1 heterocycles. The van der Waals surface area contributed by atoms with Crippen LogP contribution in [0.5, 0.6) is 0 Å². The van der Waals surface area contributed by atoms with Crippen LogP contribution in [0.2, 0.25) is 0 Å². The van der Waals surface area contributed by atoms with E-state index in [1.54, 1.807) is 0 Å². The molecule has 0 bridgehead atoms. The Labute approximate surface area is 107 Å². The second kappa shape index (κ2) is 4.16. The Kier molecular flexibility index (Phi) is 2.62. The van der Waals surface area contributed by atoms with Crippen LogP contribution in [0, 0.1) is 19.8 Å². The van der Waals surface area contributed by atoms with Crippen molar-refractivity contribution in [2.45, 2.75) is 26.7 Å². The number of carbonyl (C=O) groups excluding carboxylic acids is 1. The van der Waals surface area contributed by atoms with Crippen molar-refractivity contribution in [1.82, 2.24) is 10.3 Å². The molecule has 1 aliphatic carbocycles. The molecule has 0 atom stereocenters. The van der Waals surface area contributed by atoms with E-state index in [1.165, 1.54) is 18.4 Å². The molecule has 1 amide bonds. The van der Waals surface area contributed by atoms with Gasteiger partial charge in [0.1, 0.15) is 0 Å². The number of para-hydroxylation sites is 1. The number of hydrogen-bond donors (Lipinski definition) is 2. The first-order chi connectivity index (χ1) is 8.66. The predicted molar refractivity (Wildman–Crippen MR) is 72.8 cm³/mol. The maximum absolute atomic E-state index is 12.2. The van der Waals surface area contributed by atoms with Crippen LogP contribution < -0.4 is 5.32 Å². The number of nitrogens with one attached hydrogen (secondary N) is 2. The maximum Gasteiger partial charge on any atom is 0.253 e. The van der Waals surface area contributed by atoms with Crippen molar-refractivity contribution < 1.29 is 4.79 Å². The predicted octanol–water partition coefficient (Wildman–Crippen LogP) is 2.92. The van der Waals surface area contributed by atoms with Crippen molar-refractivity contribution >= 4 is 16.8 Å². The first kappa shape index (κ1) is 11.3. The van der Waals surface area contributed by atoms with E-state index >= 15 is 0 Å². The molecule has 0 radical (unpaired) electrons. The highest BCUT2D eigenvalue weighted by Gasteiger charge is 2.22. The lowest BCUT2D eigenvalue weighted by molar-refractivity contribution is 0.0953. The normalized spacial score (nSPS) is 15.0. The minimum absolute atomic E-state index is 0.0359. The first-order valence-corrected chi connectivity index (χ1v) is 6.53. The first-order valence-electron chi connectivity index (χ1n) is 6.53. The van der Waals surface area contributed by atoms with E-state index in [4.69, 9.17) is 0 Å². The van der Waals surface area contributed by atoms with Gasteiger partial charge in [-0.25, -0.2) is 0 Å². The molecule has 3 nitrogen and oxygen atoms in total. The van der Waals surface area contributed by atoms with E-state index in [0.29, 0.717) is 5.92 Å². The van der Waals surface area contributed by atoms with E-state index < -0.39 is 0 Å². The molecular formula is C15H18N2O. The van der Waals surface area contributed by atoms with E-state index in [2.05, 4.69) is 23.3 Å². The van der Waals surface area contributed by atoms with E-state index in [0.717, 1.165) is 28.7 Å². The highest BCUT2D eigenvalue weighted by molar-refractivity contribution is 6.06. The molecule has 2 aromatic rings. The molecule has 94 valence electrons.